The summed E-state index contributed by atoms with van der Waals surface area (Å²) in [6, 6.07) is 9.81. The number of aromatic carboxylic acids is 2. The summed E-state index contributed by atoms with van der Waals surface area (Å²) < 4.78 is 0. The zero-order chi connectivity index (χ0) is 19.1. The zero-order valence-electron chi connectivity index (χ0n) is 12.8. The third-order valence-electron chi connectivity index (χ3n) is 3.00. The average molecular weight is 348 g/mol. The fraction of sp³-hybridized carbons (Fsp3) is 0.0667. The summed E-state index contributed by atoms with van der Waals surface area (Å²) in [4.78, 5) is 39.8. The van der Waals surface area contributed by atoms with Crippen molar-refractivity contribution in [2.75, 3.05) is 0 Å². The maximum absolute atomic E-state index is 10.6. The Labute approximate surface area is 140 Å². The van der Waals surface area contributed by atoms with Crippen LogP contribution in [0.25, 0.3) is 0 Å². The molecule has 10 heteroatoms. The Balaban J connectivity index is 0.000000271. The highest BCUT2D eigenvalue weighted by Gasteiger charge is 2.31. The number of hydrogen-bond acceptors (Lipinski definition) is 6. The molecule has 0 amide bonds. The molecular weight excluding hydrogens is 336 g/mol. The molecule has 0 fully saturated rings. The van der Waals surface area contributed by atoms with Crippen molar-refractivity contribution < 1.29 is 29.6 Å². The number of nitro benzene ring substituents is 2. The monoisotopic (exact) mass is 348 g/mol. The van der Waals surface area contributed by atoms with Gasteiger partial charge in [-0.25, -0.2) is 9.59 Å². The number of aryl methyl sites for hydroxylation is 1. The molecule has 0 bridgehead atoms. The Hall–Kier alpha value is -3.82. The molecule has 0 aliphatic heterocycles. The van der Waals surface area contributed by atoms with Crippen molar-refractivity contribution in [1.29, 1.82) is 0 Å². The van der Waals surface area contributed by atoms with Crippen LogP contribution in [0, 0.1) is 27.2 Å². The molecule has 0 saturated heterocycles. The lowest BCUT2D eigenvalue weighted by Crippen LogP contribution is -2.05. The third kappa shape index (κ3) is 4.82. The Kier molecular flexibility index (Phi) is 6.27. The van der Waals surface area contributed by atoms with Gasteiger partial charge in [0.2, 0.25) is 0 Å². The topological polar surface area (TPSA) is 161 Å². The molecule has 0 radical (unpaired) electrons. The lowest BCUT2D eigenvalue weighted by atomic mass is 10.1. The standard InChI is InChI=1S/C8H8O2.C7H4N2O6/c1-6-4-2-3-5-7(6)8(9)10;10-7(11)4-2-1-3-5(8(12)13)6(4)9(14)15/h2-5H,1H3,(H,9,10);1-3H,(H,10,11). The van der Waals surface area contributed by atoms with E-state index in [1.165, 1.54) is 0 Å². The normalized spacial score (nSPS) is 9.48. The Morgan fingerprint density at radius 1 is 0.840 bits per heavy atom. The van der Waals surface area contributed by atoms with E-state index in [9.17, 15) is 29.8 Å². The van der Waals surface area contributed by atoms with Gasteiger partial charge in [0.25, 0.3) is 0 Å². The minimum Gasteiger partial charge on any atom is -0.478 e. The predicted molar refractivity (Wildman–Crippen MR) is 84.8 cm³/mol. The number of para-hydroxylation sites is 1. The fourth-order valence-electron chi connectivity index (χ4n) is 1.86. The van der Waals surface area contributed by atoms with E-state index in [-0.39, 0.29) is 0 Å². The van der Waals surface area contributed by atoms with E-state index in [1.807, 2.05) is 6.07 Å². The summed E-state index contributed by atoms with van der Waals surface area (Å²) in [5.74, 6) is -2.44. The Bertz CT molecular complexity index is 815. The summed E-state index contributed by atoms with van der Waals surface area (Å²) in [6.07, 6.45) is 0. The van der Waals surface area contributed by atoms with Crippen molar-refractivity contribution in [1.82, 2.24) is 0 Å². The van der Waals surface area contributed by atoms with Crippen molar-refractivity contribution >= 4 is 23.3 Å². The predicted octanol–water partition coefficient (Wildman–Crippen LogP) is 2.89. The molecule has 0 saturated carbocycles. The van der Waals surface area contributed by atoms with E-state index in [0.29, 0.717) is 5.56 Å². The molecular formula is C15H12N2O8. The highest BCUT2D eigenvalue weighted by Crippen LogP contribution is 2.30. The van der Waals surface area contributed by atoms with Crippen LogP contribution in [0.1, 0.15) is 26.3 Å². The second-order valence-corrected chi connectivity index (χ2v) is 4.61. The largest absolute Gasteiger partial charge is 0.478 e. The molecule has 2 aromatic rings. The minimum atomic E-state index is -1.58. The van der Waals surface area contributed by atoms with Gasteiger partial charge in [0.1, 0.15) is 5.56 Å². The number of nitrogens with zero attached hydrogens (tertiary/aromatic N) is 2. The van der Waals surface area contributed by atoms with E-state index < -0.39 is 38.7 Å². The van der Waals surface area contributed by atoms with E-state index in [4.69, 9.17) is 10.2 Å². The number of rotatable bonds is 4. The van der Waals surface area contributed by atoms with Gasteiger partial charge in [0.05, 0.1) is 15.4 Å². The number of carboxylic acids is 2. The molecule has 0 aliphatic carbocycles. The summed E-state index contributed by atoms with van der Waals surface area (Å²) >= 11 is 0. The average Bonchev–Trinajstić information content (AvgIpc) is 2.54. The van der Waals surface area contributed by atoms with E-state index in [1.54, 1.807) is 25.1 Å². The third-order valence-corrected chi connectivity index (χ3v) is 3.00. The van der Waals surface area contributed by atoms with Gasteiger partial charge in [0, 0.05) is 6.07 Å². The number of hydrogen-bond donors (Lipinski definition) is 2. The molecule has 0 heterocycles. The van der Waals surface area contributed by atoms with Crippen LogP contribution in [0.15, 0.2) is 42.5 Å². The van der Waals surface area contributed by atoms with Crippen molar-refractivity contribution in [2.45, 2.75) is 6.92 Å². The molecule has 0 aliphatic rings. The lowest BCUT2D eigenvalue weighted by molar-refractivity contribution is -0.422. The molecule has 0 aromatic heterocycles. The van der Waals surface area contributed by atoms with E-state index >= 15 is 0 Å². The van der Waals surface area contributed by atoms with Gasteiger partial charge in [0.15, 0.2) is 0 Å². The molecule has 0 unspecified atom stereocenters. The SMILES string of the molecule is Cc1ccccc1C(=O)O.O=C(O)c1cccc([N+](=O)[O-])c1[N+](=O)[O-]. The second kappa shape index (κ2) is 8.15. The summed E-state index contributed by atoms with van der Waals surface area (Å²) in [5, 5.41) is 38.1. The van der Waals surface area contributed by atoms with Gasteiger partial charge in [-0.15, -0.1) is 0 Å². The van der Waals surface area contributed by atoms with E-state index in [0.717, 1.165) is 23.8 Å². The first-order valence-electron chi connectivity index (χ1n) is 6.60. The molecule has 0 spiro atoms. The van der Waals surface area contributed by atoms with Crippen LogP contribution >= 0.6 is 0 Å². The van der Waals surface area contributed by atoms with Crippen molar-refractivity contribution in [3.05, 3.63) is 79.4 Å². The van der Waals surface area contributed by atoms with Crippen LogP contribution in [0.3, 0.4) is 0 Å². The molecule has 2 aromatic carbocycles. The van der Waals surface area contributed by atoms with Gasteiger partial charge in [-0.05, 0) is 24.6 Å². The summed E-state index contributed by atoms with van der Waals surface area (Å²) in [5.41, 5.74) is -1.36. The number of carbonyl (C=O) groups is 2. The quantitative estimate of drug-likeness (QED) is 0.629. The minimum absolute atomic E-state index is 0.377. The highest BCUT2D eigenvalue weighted by atomic mass is 16.6. The van der Waals surface area contributed by atoms with Crippen LogP contribution in [0.5, 0.6) is 0 Å². The first-order chi connectivity index (χ1) is 11.7. The van der Waals surface area contributed by atoms with Crippen molar-refractivity contribution in [2.24, 2.45) is 0 Å². The Morgan fingerprint density at radius 3 is 1.76 bits per heavy atom. The first-order valence-corrected chi connectivity index (χ1v) is 6.60. The van der Waals surface area contributed by atoms with Gasteiger partial charge in [-0.3, -0.25) is 20.2 Å². The maximum atomic E-state index is 10.6. The molecule has 2 N–H and O–H groups in total. The molecule has 0 atom stereocenters. The molecule has 2 rings (SSSR count). The second-order valence-electron chi connectivity index (χ2n) is 4.61. The van der Waals surface area contributed by atoms with Crippen LogP contribution < -0.4 is 0 Å². The van der Waals surface area contributed by atoms with E-state index in [2.05, 4.69) is 0 Å². The van der Waals surface area contributed by atoms with Crippen LogP contribution in [0.4, 0.5) is 11.4 Å². The zero-order valence-corrected chi connectivity index (χ0v) is 12.8. The Morgan fingerprint density at radius 2 is 1.36 bits per heavy atom. The van der Waals surface area contributed by atoms with Gasteiger partial charge < -0.3 is 10.2 Å². The van der Waals surface area contributed by atoms with Crippen molar-refractivity contribution in [3.63, 3.8) is 0 Å². The maximum Gasteiger partial charge on any atom is 0.360 e. The van der Waals surface area contributed by atoms with Crippen molar-refractivity contribution in [3.8, 4) is 0 Å². The van der Waals surface area contributed by atoms with Gasteiger partial charge in [-0.1, -0.05) is 24.3 Å². The number of carboxylic acid groups (broad SMARTS) is 2. The highest BCUT2D eigenvalue weighted by molar-refractivity contribution is 5.94. The molecule has 130 valence electrons. The van der Waals surface area contributed by atoms with Crippen LogP contribution in [-0.4, -0.2) is 32.0 Å². The van der Waals surface area contributed by atoms with Crippen LogP contribution in [0.2, 0.25) is 0 Å². The number of benzene rings is 2. The van der Waals surface area contributed by atoms with Gasteiger partial charge >= 0.3 is 23.3 Å². The summed E-state index contributed by atoms with van der Waals surface area (Å²) in [6.45, 7) is 1.78. The summed E-state index contributed by atoms with van der Waals surface area (Å²) in [7, 11) is 0. The fourth-order valence-corrected chi connectivity index (χ4v) is 1.86. The number of nitro groups is 2. The molecule has 25 heavy (non-hydrogen) atoms. The van der Waals surface area contributed by atoms with Crippen LogP contribution in [-0.2, 0) is 0 Å². The molecule has 10 nitrogen and oxygen atoms in total. The lowest BCUT2D eigenvalue weighted by Gasteiger charge is -1.97. The smallest absolute Gasteiger partial charge is 0.360 e. The van der Waals surface area contributed by atoms with Gasteiger partial charge in [-0.2, -0.15) is 0 Å². The first kappa shape index (κ1) is 19.2.